The van der Waals surface area contributed by atoms with Crippen molar-refractivity contribution in [1.82, 2.24) is 5.32 Å². The van der Waals surface area contributed by atoms with Crippen molar-refractivity contribution in [3.05, 3.63) is 0 Å². The monoisotopic (exact) mass is 293 g/mol. The number of alkyl halides is 6. The van der Waals surface area contributed by atoms with Crippen LogP contribution in [0.15, 0.2) is 0 Å². The summed E-state index contributed by atoms with van der Waals surface area (Å²) in [5.41, 5.74) is -1.30. The Morgan fingerprint density at radius 1 is 1.16 bits per heavy atom. The van der Waals surface area contributed by atoms with E-state index in [0.717, 1.165) is 6.54 Å². The third-order valence-corrected chi connectivity index (χ3v) is 3.44. The maximum absolute atomic E-state index is 12.5. The van der Waals surface area contributed by atoms with E-state index >= 15 is 0 Å². The third kappa shape index (κ3) is 3.74. The molecule has 1 atom stereocenters. The van der Waals surface area contributed by atoms with Crippen LogP contribution in [-0.4, -0.2) is 36.5 Å². The molecular weight excluding hydrogens is 280 g/mol. The molecule has 1 aliphatic heterocycles. The van der Waals surface area contributed by atoms with Crippen LogP contribution in [0.3, 0.4) is 0 Å². The summed E-state index contributed by atoms with van der Waals surface area (Å²) in [7, 11) is 0. The van der Waals surface area contributed by atoms with E-state index in [0.29, 0.717) is 25.8 Å². The van der Waals surface area contributed by atoms with Gasteiger partial charge >= 0.3 is 18.3 Å². The zero-order chi connectivity index (χ0) is 14.9. The lowest BCUT2D eigenvalue weighted by Gasteiger charge is -2.24. The second-order valence-electron chi connectivity index (χ2n) is 4.65. The average molecular weight is 293 g/mol. The number of carboxylic acid groups (broad SMARTS) is 1. The van der Waals surface area contributed by atoms with Crippen LogP contribution >= 0.6 is 0 Å². The number of hydrogen-bond acceptors (Lipinski definition) is 2. The lowest BCUT2D eigenvalue weighted by molar-refractivity contribution is -0.200. The molecule has 1 heterocycles. The molecule has 112 valence electrons. The number of carbonyl (C=O) groups is 1. The molecule has 0 aromatic rings. The summed E-state index contributed by atoms with van der Waals surface area (Å²) in [4.78, 5) is 8.90. The van der Waals surface area contributed by atoms with Crippen molar-refractivity contribution in [3.63, 3.8) is 0 Å². The van der Waals surface area contributed by atoms with Crippen LogP contribution in [0.25, 0.3) is 0 Å². The molecule has 0 bridgehead atoms. The first kappa shape index (κ1) is 16.1. The first-order valence-electron chi connectivity index (χ1n) is 5.58. The number of carboxylic acids is 1. The van der Waals surface area contributed by atoms with Crippen molar-refractivity contribution in [3.8, 4) is 0 Å². The summed E-state index contributed by atoms with van der Waals surface area (Å²) in [5, 5.41) is 10.1. The molecule has 2 N–H and O–H groups in total. The van der Waals surface area contributed by atoms with Gasteiger partial charge in [-0.05, 0) is 38.3 Å². The van der Waals surface area contributed by atoms with Gasteiger partial charge in [-0.1, -0.05) is 0 Å². The van der Waals surface area contributed by atoms with Gasteiger partial charge < -0.3 is 10.4 Å². The van der Waals surface area contributed by atoms with Gasteiger partial charge in [-0.2, -0.15) is 26.3 Å². The van der Waals surface area contributed by atoms with Crippen LogP contribution in [0.4, 0.5) is 26.3 Å². The smallest absolute Gasteiger partial charge is 0.475 e. The second-order valence-corrected chi connectivity index (χ2v) is 4.65. The van der Waals surface area contributed by atoms with Gasteiger partial charge in [-0.15, -0.1) is 0 Å². The highest BCUT2D eigenvalue weighted by Crippen LogP contribution is 2.63. The van der Waals surface area contributed by atoms with Crippen molar-refractivity contribution < 1.29 is 36.2 Å². The summed E-state index contributed by atoms with van der Waals surface area (Å²) in [6.07, 6.45) is -7.66. The quantitative estimate of drug-likeness (QED) is 0.731. The molecule has 3 nitrogen and oxygen atoms in total. The van der Waals surface area contributed by atoms with E-state index in [-0.39, 0.29) is 5.92 Å². The fourth-order valence-corrected chi connectivity index (χ4v) is 2.18. The van der Waals surface area contributed by atoms with Crippen LogP contribution in [-0.2, 0) is 4.79 Å². The molecule has 0 amide bonds. The summed E-state index contributed by atoms with van der Waals surface area (Å²) >= 11 is 0. The molecule has 1 aliphatic carbocycles. The second kappa shape index (κ2) is 5.18. The SMILES string of the molecule is FC(F)(F)C1(C2CCNC2)CC1.O=C(O)C(F)(F)F. The van der Waals surface area contributed by atoms with Gasteiger partial charge in [0.15, 0.2) is 0 Å². The molecule has 2 aliphatic rings. The van der Waals surface area contributed by atoms with Crippen LogP contribution < -0.4 is 5.32 Å². The molecule has 1 saturated heterocycles. The molecule has 0 spiro atoms. The zero-order valence-corrected chi connectivity index (χ0v) is 9.74. The number of hydrogen-bond donors (Lipinski definition) is 2. The standard InChI is InChI=1S/C8H12F3N.C2HF3O2/c9-8(10,11)7(2-3-7)6-1-4-12-5-6;3-2(4,5)1(6)7/h6,12H,1-5H2;(H,6,7). The topological polar surface area (TPSA) is 49.3 Å². The Labute approximate surface area is 105 Å². The fraction of sp³-hybridized carbons (Fsp3) is 0.900. The highest BCUT2D eigenvalue weighted by atomic mass is 19.4. The van der Waals surface area contributed by atoms with Gasteiger partial charge in [0.05, 0.1) is 5.41 Å². The van der Waals surface area contributed by atoms with E-state index in [4.69, 9.17) is 9.90 Å². The number of halogens is 6. The normalized spacial score (nSPS) is 25.5. The highest BCUT2D eigenvalue weighted by Gasteiger charge is 2.66. The molecule has 9 heteroatoms. The Bertz CT molecular complexity index is 328. The Balaban J connectivity index is 0.000000224. The summed E-state index contributed by atoms with van der Waals surface area (Å²) < 4.78 is 69.3. The molecular formula is C10H13F6NO2. The summed E-state index contributed by atoms with van der Waals surface area (Å²) in [5.74, 6) is -2.91. The number of nitrogens with one attached hydrogen (secondary N) is 1. The molecule has 2 fully saturated rings. The maximum Gasteiger partial charge on any atom is 0.490 e. The molecule has 0 aromatic carbocycles. The van der Waals surface area contributed by atoms with Crippen LogP contribution in [0.2, 0.25) is 0 Å². The van der Waals surface area contributed by atoms with E-state index in [1.54, 1.807) is 0 Å². The van der Waals surface area contributed by atoms with Crippen LogP contribution in [0.1, 0.15) is 19.3 Å². The lowest BCUT2D eigenvalue weighted by Crippen LogP contribution is -2.33. The number of rotatable bonds is 1. The molecule has 19 heavy (non-hydrogen) atoms. The van der Waals surface area contributed by atoms with Gasteiger partial charge in [0.2, 0.25) is 0 Å². The summed E-state index contributed by atoms with van der Waals surface area (Å²) in [6.45, 7) is 1.31. The average Bonchev–Trinajstić information content (AvgIpc) is 2.88. The maximum atomic E-state index is 12.5. The molecule has 0 radical (unpaired) electrons. The van der Waals surface area contributed by atoms with Crippen molar-refractivity contribution in [2.75, 3.05) is 13.1 Å². The van der Waals surface area contributed by atoms with Gasteiger partial charge in [0, 0.05) is 0 Å². The van der Waals surface area contributed by atoms with Crippen molar-refractivity contribution in [2.45, 2.75) is 31.6 Å². The molecule has 1 saturated carbocycles. The Kier molecular flexibility index (Phi) is 4.38. The number of aliphatic carboxylic acids is 1. The van der Waals surface area contributed by atoms with E-state index in [2.05, 4.69) is 5.32 Å². The van der Waals surface area contributed by atoms with Crippen molar-refractivity contribution in [1.29, 1.82) is 0 Å². The minimum absolute atomic E-state index is 0.155. The zero-order valence-electron chi connectivity index (χ0n) is 9.74. The highest BCUT2D eigenvalue weighted by molar-refractivity contribution is 5.73. The van der Waals surface area contributed by atoms with E-state index in [1.807, 2.05) is 0 Å². The first-order valence-corrected chi connectivity index (χ1v) is 5.58. The summed E-state index contributed by atoms with van der Waals surface area (Å²) in [6, 6.07) is 0. The van der Waals surface area contributed by atoms with Gasteiger partial charge in [0.1, 0.15) is 0 Å². The minimum atomic E-state index is -5.08. The largest absolute Gasteiger partial charge is 0.490 e. The fourth-order valence-electron chi connectivity index (χ4n) is 2.18. The molecule has 2 rings (SSSR count). The molecule has 0 aromatic heterocycles. The van der Waals surface area contributed by atoms with Crippen LogP contribution in [0, 0.1) is 11.3 Å². The van der Waals surface area contributed by atoms with E-state index < -0.39 is 23.7 Å². The Morgan fingerprint density at radius 3 is 1.84 bits per heavy atom. The van der Waals surface area contributed by atoms with E-state index in [9.17, 15) is 26.3 Å². The predicted molar refractivity (Wildman–Crippen MR) is 52.4 cm³/mol. The molecule has 1 unspecified atom stereocenters. The predicted octanol–water partition coefficient (Wildman–Crippen LogP) is 2.57. The van der Waals surface area contributed by atoms with E-state index in [1.165, 1.54) is 0 Å². The third-order valence-electron chi connectivity index (χ3n) is 3.44. The van der Waals surface area contributed by atoms with Crippen molar-refractivity contribution in [2.24, 2.45) is 11.3 Å². The van der Waals surface area contributed by atoms with Gasteiger partial charge in [0.25, 0.3) is 0 Å². The lowest BCUT2D eigenvalue weighted by atomic mass is 9.88. The minimum Gasteiger partial charge on any atom is -0.475 e. The van der Waals surface area contributed by atoms with Gasteiger partial charge in [-0.3, -0.25) is 0 Å². The Hall–Kier alpha value is -0.990. The van der Waals surface area contributed by atoms with Crippen LogP contribution in [0.5, 0.6) is 0 Å². The van der Waals surface area contributed by atoms with Crippen molar-refractivity contribution >= 4 is 5.97 Å². The first-order chi connectivity index (χ1) is 8.51. The Morgan fingerprint density at radius 2 is 1.63 bits per heavy atom. The van der Waals surface area contributed by atoms with Gasteiger partial charge in [-0.25, -0.2) is 4.79 Å².